The molecule has 1 saturated heterocycles. The molecule has 3 atom stereocenters. The molecule has 0 radical (unpaired) electrons. The first-order valence-corrected chi connectivity index (χ1v) is 9.51. The van der Waals surface area contributed by atoms with Crippen molar-refractivity contribution in [2.45, 2.75) is 43.0 Å². The van der Waals surface area contributed by atoms with Gasteiger partial charge in [-0.25, -0.2) is 13.1 Å². The van der Waals surface area contributed by atoms with Crippen molar-refractivity contribution in [1.82, 2.24) is 4.72 Å². The highest BCUT2D eigenvalue weighted by Gasteiger charge is 2.37. The fourth-order valence-electron chi connectivity index (χ4n) is 2.23. The number of hydrogen-bond acceptors (Lipinski definition) is 6. The SMILES string of the molecule is COC(=O)CCCC[C@H]1SC[C@H](N=[N+]=[N-])[C@H]1NS(C)(=O)=O. The summed E-state index contributed by atoms with van der Waals surface area (Å²) in [5.41, 5.74) is 8.55. The van der Waals surface area contributed by atoms with Crippen molar-refractivity contribution in [1.29, 1.82) is 0 Å². The number of methoxy groups -OCH3 is 1. The summed E-state index contributed by atoms with van der Waals surface area (Å²) in [6.07, 6.45) is 3.70. The van der Waals surface area contributed by atoms with E-state index in [0.717, 1.165) is 19.1 Å². The second kappa shape index (κ2) is 8.47. The van der Waals surface area contributed by atoms with Crippen molar-refractivity contribution in [2.24, 2.45) is 5.11 Å². The smallest absolute Gasteiger partial charge is 0.305 e. The van der Waals surface area contributed by atoms with Gasteiger partial charge in [0, 0.05) is 28.4 Å². The number of nitrogens with one attached hydrogen (secondary N) is 1. The largest absolute Gasteiger partial charge is 0.469 e. The lowest BCUT2D eigenvalue weighted by Gasteiger charge is -2.21. The zero-order chi connectivity index (χ0) is 15.9. The summed E-state index contributed by atoms with van der Waals surface area (Å²) in [5.74, 6) is 0.352. The first kappa shape index (κ1) is 18.1. The average molecular weight is 336 g/mol. The fourth-order valence-corrected chi connectivity index (χ4v) is 4.64. The van der Waals surface area contributed by atoms with Crippen molar-refractivity contribution < 1.29 is 17.9 Å². The van der Waals surface area contributed by atoms with Gasteiger partial charge in [-0.05, 0) is 18.4 Å². The lowest BCUT2D eigenvalue weighted by molar-refractivity contribution is -0.140. The molecule has 0 aromatic carbocycles. The zero-order valence-electron chi connectivity index (χ0n) is 12.1. The summed E-state index contributed by atoms with van der Waals surface area (Å²) in [7, 11) is -2.01. The Hall–Kier alpha value is -0.960. The van der Waals surface area contributed by atoms with E-state index in [2.05, 4.69) is 19.5 Å². The third-order valence-corrected chi connectivity index (χ3v) is 5.38. The van der Waals surface area contributed by atoms with Gasteiger partial charge in [-0.2, -0.15) is 11.8 Å². The number of azide groups is 1. The molecule has 21 heavy (non-hydrogen) atoms. The molecule has 1 aliphatic rings. The summed E-state index contributed by atoms with van der Waals surface area (Å²) in [5, 5.41) is 3.72. The van der Waals surface area contributed by atoms with Crippen molar-refractivity contribution in [3.8, 4) is 0 Å². The van der Waals surface area contributed by atoms with Crippen LogP contribution in [0.25, 0.3) is 10.4 Å². The maximum absolute atomic E-state index is 11.4. The average Bonchev–Trinajstić information content (AvgIpc) is 2.76. The van der Waals surface area contributed by atoms with E-state index in [0.29, 0.717) is 18.6 Å². The van der Waals surface area contributed by atoms with E-state index < -0.39 is 10.0 Å². The number of unbranched alkanes of at least 4 members (excludes halogenated alkanes) is 1. The van der Waals surface area contributed by atoms with Crippen molar-refractivity contribution in [3.63, 3.8) is 0 Å². The molecule has 1 heterocycles. The van der Waals surface area contributed by atoms with Gasteiger partial charge in [-0.15, -0.1) is 0 Å². The molecular weight excluding hydrogens is 316 g/mol. The molecule has 8 nitrogen and oxygen atoms in total. The topological polar surface area (TPSA) is 121 Å². The predicted octanol–water partition coefficient (Wildman–Crippen LogP) is 1.43. The van der Waals surface area contributed by atoms with E-state index in [1.165, 1.54) is 7.11 Å². The Morgan fingerprint density at radius 3 is 2.81 bits per heavy atom. The van der Waals surface area contributed by atoms with E-state index in [9.17, 15) is 13.2 Å². The summed E-state index contributed by atoms with van der Waals surface area (Å²) < 4.78 is 30.0. The maximum Gasteiger partial charge on any atom is 0.305 e. The molecule has 1 N–H and O–H groups in total. The van der Waals surface area contributed by atoms with Crippen LogP contribution in [0.5, 0.6) is 0 Å². The third kappa shape index (κ3) is 6.56. The number of esters is 1. The van der Waals surface area contributed by atoms with Gasteiger partial charge in [0.25, 0.3) is 0 Å². The molecule has 0 bridgehead atoms. The first-order chi connectivity index (χ1) is 9.87. The first-order valence-electron chi connectivity index (χ1n) is 6.57. The van der Waals surface area contributed by atoms with Crippen molar-refractivity contribution in [3.05, 3.63) is 10.4 Å². The highest BCUT2D eigenvalue weighted by Crippen LogP contribution is 2.33. The zero-order valence-corrected chi connectivity index (χ0v) is 13.7. The highest BCUT2D eigenvalue weighted by molar-refractivity contribution is 8.00. The maximum atomic E-state index is 11.4. The van der Waals surface area contributed by atoms with E-state index in [1.54, 1.807) is 11.8 Å². The summed E-state index contributed by atoms with van der Waals surface area (Å²) in [4.78, 5) is 13.8. The summed E-state index contributed by atoms with van der Waals surface area (Å²) in [6.45, 7) is 0. The van der Waals surface area contributed by atoms with Crippen LogP contribution in [0, 0.1) is 0 Å². The molecule has 10 heteroatoms. The monoisotopic (exact) mass is 336 g/mol. The standard InChI is InChI=1S/C11H20N4O4S2/c1-19-10(16)6-4-3-5-9-11(14-21(2,17)18)8(7-20-9)13-15-12/h8-9,11,14H,3-7H2,1-2H3/t8-,9+,11+/m0/s1. The molecule has 0 amide bonds. The Morgan fingerprint density at radius 1 is 1.52 bits per heavy atom. The normalized spacial score (nSPS) is 25.3. The van der Waals surface area contributed by atoms with Crippen LogP contribution in [-0.4, -0.2) is 50.8 Å². The molecule has 0 aromatic heterocycles. The van der Waals surface area contributed by atoms with E-state index >= 15 is 0 Å². The third-order valence-electron chi connectivity index (χ3n) is 3.19. The Kier molecular flexibility index (Phi) is 7.30. The molecule has 1 fully saturated rings. The van der Waals surface area contributed by atoms with Gasteiger partial charge in [-0.3, -0.25) is 4.79 Å². The summed E-state index contributed by atoms with van der Waals surface area (Å²) >= 11 is 1.60. The minimum atomic E-state index is -3.36. The number of thioether (sulfide) groups is 1. The van der Waals surface area contributed by atoms with Gasteiger partial charge >= 0.3 is 5.97 Å². The number of hydrogen-bond donors (Lipinski definition) is 1. The summed E-state index contributed by atoms with van der Waals surface area (Å²) in [6, 6.07) is -0.764. The number of carbonyl (C=O) groups is 1. The van der Waals surface area contributed by atoms with E-state index in [4.69, 9.17) is 5.53 Å². The van der Waals surface area contributed by atoms with Crippen molar-refractivity contribution >= 4 is 27.8 Å². The molecule has 120 valence electrons. The quantitative estimate of drug-likeness (QED) is 0.236. The molecule has 0 unspecified atom stereocenters. The number of sulfonamides is 1. The minimum Gasteiger partial charge on any atom is -0.469 e. The lowest BCUT2D eigenvalue weighted by atomic mass is 10.0. The Labute approximate surface area is 128 Å². The van der Waals surface area contributed by atoms with Gasteiger partial charge < -0.3 is 4.74 Å². The van der Waals surface area contributed by atoms with Gasteiger partial charge in [0.1, 0.15) is 0 Å². The van der Waals surface area contributed by atoms with Crippen LogP contribution in [-0.2, 0) is 19.6 Å². The lowest BCUT2D eigenvalue weighted by Crippen LogP contribution is -2.45. The van der Waals surface area contributed by atoms with Crippen LogP contribution in [0.2, 0.25) is 0 Å². The Bertz CT molecular complexity index is 504. The number of rotatable bonds is 8. The van der Waals surface area contributed by atoms with Gasteiger partial charge in [-0.1, -0.05) is 11.5 Å². The fraction of sp³-hybridized carbons (Fsp3) is 0.909. The van der Waals surface area contributed by atoms with Crippen LogP contribution in [0.1, 0.15) is 25.7 Å². The van der Waals surface area contributed by atoms with Crippen molar-refractivity contribution in [2.75, 3.05) is 19.1 Å². The number of ether oxygens (including phenoxy) is 1. The predicted molar refractivity (Wildman–Crippen MR) is 81.4 cm³/mol. The molecule has 1 aliphatic heterocycles. The second-order valence-corrected chi connectivity index (χ2v) is 7.93. The Balaban J connectivity index is 2.54. The highest BCUT2D eigenvalue weighted by atomic mass is 32.2. The van der Waals surface area contributed by atoms with Crippen LogP contribution in [0.4, 0.5) is 0 Å². The second-order valence-electron chi connectivity index (χ2n) is 4.88. The van der Waals surface area contributed by atoms with Crippen LogP contribution in [0.15, 0.2) is 5.11 Å². The molecular formula is C11H20N4O4S2. The van der Waals surface area contributed by atoms with Gasteiger partial charge in [0.05, 0.1) is 19.4 Å². The number of nitrogens with zero attached hydrogens (tertiary/aromatic N) is 3. The van der Waals surface area contributed by atoms with Crippen LogP contribution < -0.4 is 4.72 Å². The van der Waals surface area contributed by atoms with Crippen LogP contribution >= 0.6 is 11.8 Å². The molecule has 0 aromatic rings. The molecule has 1 rings (SSSR count). The Morgan fingerprint density at radius 2 is 2.24 bits per heavy atom. The van der Waals surface area contributed by atoms with E-state index in [-0.39, 0.29) is 23.3 Å². The van der Waals surface area contributed by atoms with E-state index in [1.807, 2.05) is 0 Å². The molecule has 0 saturated carbocycles. The van der Waals surface area contributed by atoms with Gasteiger partial charge in [0.15, 0.2) is 0 Å². The van der Waals surface area contributed by atoms with Crippen LogP contribution in [0.3, 0.4) is 0 Å². The molecule has 0 aliphatic carbocycles. The number of carbonyl (C=O) groups excluding carboxylic acids is 1. The van der Waals surface area contributed by atoms with Gasteiger partial charge in [0.2, 0.25) is 10.0 Å². The minimum absolute atomic E-state index is 0.0490. The molecule has 0 spiro atoms.